The van der Waals surface area contributed by atoms with Crippen LogP contribution < -0.4 is 0 Å². The second-order valence-electron chi connectivity index (χ2n) is 7.52. The summed E-state index contributed by atoms with van der Waals surface area (Å²) in [5.74, 6) is 0.641. The average molecular weight is 380 g/mol. The first kappa shape index (κ1) is 18.9. The third kappa shape index (κ3) is 4.88. The minimum Gasteiger partial charge on any atom is -0.447 e. The number of hydrogen-bond acceptors (Lipinski definition) is 5. The Balaban J connectivity index is 1.21. The highest BCUT2D eigenvalue weighted by Crippen LogP contribution is 2.14. The molecule has 2 aliphatic rings. The molecule has 28 heavy (non-hydrogen) atoms. The van der Waals surface area contributed by atoms with Gasteiger partial charge in [0.05, 0.1) is 6.54 Å². The van der Waals surface area contributed by atoms with Gasteiger partial charge in [-0.1, -0.05) is 42.5 Å². The minimum absolute atomic E-state index is 0.00234. The first-order chi connectivity index (χ1) is 13.8. The van der Waals surface area contributed by atoms with Crippen LogP contribution in [0.3, 0.4) is 0 Å². The van der Waals surface area contributed by atoms with Crippen LogP contribution in [0.2, 0.25) is 0 Å². The summed E-state index contributed by atoms with van der Waals surface area (Å²) in [6, 6.07) is 10.4. The maximum atomic E-state index is 12.4. The van der Waals surface area contributed by atoms with Crippen molar-refractivity contribution in [3.63, 3.8) is 0 Å². The molecule has 1 amide bonds. The lowest BCUT2D eigenvalue weighted by Gasteiger charge is -2.33. The predicted molar refractivity (Wildman–Crippen MR) is 109 cm³/mol. The lowest BCUT2D eigenvalue weighted by molar-refractivity contribution is 0.0787. The van der Waals surface area contributed by atoms with Gasteiger partial charge in [-0.15, -0.1) is 0 Å². The predicted octanol–water partition coefficient (Wildman–Crippen LogP) is 2.74. The second-order valence-corrected chi connectivity index (χ2v) is 7.52. The number of amides is 1. The van der Waals surface area contributed by atoms with Crippen molar-refractivity contribution in [1.29, 1.82) is 0 Å². The molecule has 6 heteroatoms. The summed E-state index contributed by atoms with van der Waals surface area (Å²) in [6.07, 6.45) is 8.09. The molecule has 3 heterocycles. The molecule has 148 valence electrons. The summed E-state index contributed by atoms with van der Waals surface area (Å²) in [5.41, 5.74) is 1.69. The Kier molecular flexibility index (Phi) is 6.19. The standard InChI is InChI=1S/C22H28N4O2/c27-22(26-11-4-5-12-26)20-18-28-21(23-20)17-25-15-13-24(14-16-25)10-6-9-19-7-2-1-3-8-19/h1-3,6-9,18H,4-5,10-17H2. The van der Waals surface area contributed by atoms with Gasteiger partial charge in [0.2, 0.25) is 5.89 Å². The number of rotatable bonds is 6. The quantitative estimate of drug-likeness (QED) is 0.771. The van der Waals surface area contributed by atoms with Crippen molar-refractivity contribution >= 4 is 12.0 Å². The van der Waals surface area contributed by atoms with Gasteiger partial charge in [0, 0.05) is 45.8 Å². The Morgan fingerprint density at radius 3 is 2.46 bits per heavy atom. The van der Waals surface area contributed by atoms with Crippen LogP contribution in [0.4, 0.5) is 0 Å². The fraction of sp³-hybridized carbons (Fsp3) is 0.455. The third-order valence-electron chi connectivity index (χ3n) is 5.46. The topological polar surface area (TPSA) is 52.8 Å². The van der Waals surface area contributed by atoms with Crippen LogP contribution in [0.15, 0.2) is 47.1 Å². The van der Waals surface area contributed by atoms with Crippen LogP contribution in [0.5, 0.6) is 0 Å². The summed E-state index contributed by atoms with van der Waals surface area (Å²) >= 11 is 0. The summed E-state index contributed by atoms with van der Waals surface area (Å²) in [5, 5.41) is 0. The summed E-state index contributed by atoms with van der Waals surface area (Å²) < 4.78 is 5.56. The molecular formula is C22H28N4O2. The molecule has 2 aromatic rings. The molecule has 0 aliphatic carbocycles. The Labute approximate surface area is 166 Å². The second kappa shape index (κ2) is 9.17. The van der Waals surface area contributed by atoms with Gasteiger partial charge >= 0.3 is 0 Å². The number of likely N-dealkylation sites (tertiary alicyclic amines) is 1. The number of carbonyl (C=O) groups is 1. The van der Waals surface area contributed by atoms with Crippen LogP contribution >= 0.6 is 0 Å². The van der Waals surface area contributed by atoms with Crippen molar-refractivity contribution in [2.75, 3.05) is 45.8 Å². The summed E-state index contributed by atoms with van der Waals surface area (Å²) in [4.78, 5) is 23.5. The van der Waals surface area contributed by atoms with E-state index in [1.54, 1.807) is 0 Å². The van der Waals surface area contributed by atoms with Crippen LogP contribution in [0, 0.1) is 0 Å². The van der Waals surface area contributed by atoms with Crippen LogP contribution in [0.1, 0.15) is 34.8 Å². The van der Waals surface area contributed by atoms with Gasteiger partial charge in [0.25, 0.3) is 5.91 Å². The molecule has 6 nitrogen and oxygen atoms in total. The number of hydrogen-bond donors (Lipinski definition) is 0. The van der Waals surface area contributed by atoms with Crippen molar-refractivity contribution in [1.82, 2.24) is 19.7 Å². The van der Waals surface area contributed by atoms with Gasteiger partial charge in [0.15, 0.2) is 5.69 Å². The van der Waals surface area contributed by atoms with Gasteiger partial charge in [0.1, 0.15) is 6.26 Å². The van der Waals surface area contributed by atoms with E-state index >= 15 is 0 Å². The van der Waals surface area contributed by atoms with Crippen LogP contribution in [-0.4, -0.2) is 71.4 Å². The first-order valence-corrected chi connectivity index (χ1v) is 10.2. The largest absolute Gasteiger partial charge is 0.447 e. The molecule has 0 radical (unpaired) electrons. The number of piperazine rings is 1. The van der Waals surface area contributed by atoms with E-state index in [0.29, 0.717) is 18.1 Å². The van der Waals surface area contributed by atoms with Gasteiger partial charge < -0.3 is 9.32 Å². The smallest absolute Gasteiger partial charge is 0.275 e. The monoisotopic (exact) mass is 380 g/mol. The molecule has 1 aromatic heterocycles. The number of oxazole rings is 1. The zero-order valence-corrected chi connectivity index (χ0v) is 16.3. The SMILES string of the molecule is O=C(c1coc(CN2CCN(CC=Cc3ccccc3)CC2)n1)N1CCCC1. The summed E-state index contributed by atoms with van der Waals surface area (Å²) in [7, 11) is 0. The van der Waals surface area contributed by atoms with Crippen molar-refractivity contribution in [2.45, 2.75) is 19.4 Å². The summed E-state index contributed by atoms with van der Waals surface area (Å²) in [6.45, 7) is 7.33. The van der Waals surface area contributed by atoms with E-state index in [0.717, 1.165) is 58.7 Å². The zero-order valence-electron chi connectivity index (χ0n) is 16.3. The van der Waals surface area contributed by atoms with E-state index in [1.165, 1.54) is 11.8 Å². The molecule has 0 N–H and O–H groups in total. The highest BCUT2D eigenvalue weighted by atomic mass is 16.3. The Bertz CT molecular complexity index is 788. The average Bonchev–Trinajstić information content (AvgIpc) is 3.42. The van der Waals surface area contributed by atoms with E-state index in [4.69, 9.17) is 4.42 Å². The molecular weight excluding hydrogens is 352 g/mol. The Morgan fingerprint density at radius 2 is 1.71 bits per heavy atom. The molecule has 0 saturated carbocycles. The number of aromatic nitrogens is 1. The van der Waals surface area contributed by atoms with E-state index in [9.17, 15) is 4.79 Å². The normalized spacial score (nSPS) is 18.9. The van der Waals surface area contributed by atoms with Crippen LogP contribution in [-0.2, 0) is 6.54 Å². The molecule has 2 saturated heterocycles. The van der Waals surface area contributed by atoms with E-state index in [1.807, 2.05) is 11.0 Å². The molecule has 0 atom stereocenters. The molecule has 0 spiro atoms. The first-order valence-electron chi connectivity index (χ1n) is 10.2. The fourth-order valence-electron chi connectivity index (χ4n) is 3.79. The molecule has 0 bridgehead atoms. The van der Waals surface area contributed by atoms with Crippen LogP contribution in [0.25, 0.3) is 6.08 Å². The lowest BCUT2D eigenvalue weighted by atomic mass is 10.2. The maximum Gasteiger partial charge on any atom is 0.275 e. The molecule has 0 unspecified atom stereocenters. The van der Waals surface area contributed by atoms with Gasteiger partial charge in [-0.3, -0.25) is 14.6 Å². The third-order valence-corrected chi connectivity index (χ3v) is 5.46. The highest BCUT2D eigenvalue weighted by molar-refractivity contribution is 5.92. The van der Waals surface area contributed by atoms with Gasteiger partial charge in [-0.05, 0) is 18.4 Å². The fourth-order valence-corrected chi connectivity index (χ4v) is 3.79. The molecule has 2 aliphatic heterocycles. The number of benzene rings is 1. The van der Waals surface area contributed by atoms with Crippen molar-refractivity contribution in [3.05, 3.63) is 59.8 Å². The Morgan fingerprint density at radius 1 is 1.00 bits per heavy atom. The Hall–Kier alpha value is -2.44. The highest BCUT2D eigenvalue weighted by Gasteiger charge is 2.23. The molecule has 4 rings (SSSR count). The van der Waals surface area contributed by atoms with E-state index < -0.39 is 0 Å². The van der Waals surface area contributed by atoms with E-state index in [2.05, 4.69) is 51.2 Å². The van der Waals surface area contributed by atoms with Gasteiger partial charge in [-0.25, -0.2) is 4.98 Å². The lowest BCUT2D eigenvalue weighted by Crippen LogP contribution is -2.45. The number of carbonyl (C=O) groups excluding carboxylic acids is 1. The van der Waals surface area contributed by atoms with E-state index in [-0.39, 0.29) is 5.91 Å². The zero-order chi connectivity index (χ0) is 19.2. The molecule has 1 aromatic carbocycles. The van der Waals surface area contributed by atoms with Crippen molar-refractivity contribution in [3.8, 4) is 0 Å². The van der Waals surface area contributed by atoms with Crippen molar-refractivity contribution < 1.29 is 9.21 Å². The minimum atomic E-state index is 0.00234. The number of nitrogens with zero attached hydrogens (tertiary/aromatic N) is 4. The van der Waals surface area contributed by atoms with Gasteiger partial charge in [-0.2, -0.15) is 0 Å². The molecule has 2 fully saturated rings. The van der Waals surface area contributed by atoms with Crippen molar-refractivity contribution in [2.24, 2.45) is 0 Å². The maximum absolute atomic E-state index is 12.4.